The lowest BCUT2D eigenvalue weighted by molar-refractivity contribution is -0.135. The van der Waals surface area contributed by atoms with Crippen LogP contribution in [0, 0.1) is 17.8 Å². The van der Waals surface area contributed by atoms with Crippen molar-refractivity contribution < 1.29 is 9.53 Å². The van der Waals surface area contributed by atoms with Crippen LogP contribution in [-0.4, -0.2) is 61.1 Å². The Kier molecular flexibility index (Phi) is 3.30. The van der Waals surface area contributed by atoms with Crippen LogP contribution in [0.1, 0.15) is 38.5 Å². The molecule has 4 heteroatoms. The first-order valence-corrected chi connectivity index (χ1v) is 8.70. The van der Waals surface area contributed by atoms with Crippen molar-refractivity contribution in [3.63, 3.8) is 0 Å². The van der Waals surface area contributed by atoms with E-state index in [1.807, 2.05) is 0 Å². The van der Waals surface area contributed by atoms with E-state index in [1.54, 1.807) is 0 Å². The Bertz CT molecular complexity index is 433. The minimum Gasteiger partial charge on any atom is -0.369 e. The van der Waals surface area contributed by atoms with Gasteiger partial charge in [-0.05, 0) is 39.8 Å². The van der Waals surface area contributed by atoms with Gasteiger partial charge in [-0.15, -0.1) is 0 Å². The molecule has 3 heterocycles. The number of amides is 1. The maximum Gasteiger partial charge on any atom is 0.225 e. The molecule has 2 bridgehead atoms. The molecule has 3 saturated heterocycles. The number of likely N-dealkylation sites (tertiary alicyclic amines) is 1. The van der Waals surface area contributed by atoms with Gasteiger partial charge in [-0.2, -0.15) is 0 Å². The molecule has 4 nitrogen and oxygen atoms in total. The minimum atomic E-state index is 0.0135. The second-order valence-electron chi connectivity index (χ2n) is 7.99. The predicted molar refractivity (Wildman–Crippen MR) is 80.9 cm³/mol. The smallest absolute Gasteiger partial charge is 0.225 e. The summed E-state index contributed by atoms with van der Waals surface area (Å²) in [5, 5.41) is 0. The Morgan fingerprint density at radius 3 is 2.76 bits per heavy atom. The Morgan fingerprint density at radius 2 is 2.05 bits per heavy atom. The van der Waals surface area contributed by atoms with Crippen LogP contribution in [0.15, 0.2) is 0 Å². The molecule has 0 aromatic carbocycles. The van der Waals surface area contributed by atoms with Gasteiger partial charge in [0.1, 0.15) is 0 Å². The highest BCUT2D eigenvalue weighted by molar-refractivity contribution is 5.79. The fourth-order valence-electron chi connectivity index (χ4n) is 5.46. The molecule has 3 aliphatic heterocycles. The van der Waals surface area contributed by atoms with E-state index in [9.17, 15) is 4.79 Å². The van der Waals surface area contributed by atoms with Crippen molar-refractivity contribution in [3.8, 4) is 0 Å². The van der Waals surface area contributed by atoms with Crippen molar-refractivity contribution in [1.29, 1.82) is 0 Å². The van der Waals surface area contributed by atoms with Crippen LogP contribution in [0.2, 0.25) is 0 Å². The van der Waals surface area contributed by atoms with Crippen molar-refractivity contribution in [2.75, 3.05) is 33.7 Å². The van der Waals surface area contributed by atoms with Gasteiger partial charge in [0.25, 0.3) is 0 Å². The second kappa shape index (κ2) is 4.95. The molecule has 1 saturated carbocycles. The van der Waals surface area contributed by atoms with Gasteiger partial charge in [-0.1, -0.05) is 12.8 Å². The monoisotopic (exact) mass is 292 g/mol. The maximum absolute atomic E-state index is 12.7. The van der Waals surface area contributed by atoms with E-state index < -0.39 is 0 Å². The lowest BCUT2D eigenvalue weighted by Crippen LogP contribution is -2.40. The molecule has 4 atom stereocenters. The Labute approximate surface area is 127 Å². The fraction of sp³-hybridized carbons (Fsp3) is 0.941. The summed E-state index contributed by atoms with van der Waals surface area (Å²) in [6.07, 6.45) is 7.50. The van der Waals surface area contributed by atoms with E-state index in [1.165, 1.54) is 25.7 Å². The van der Waals surface area contributed by atoms with E-state index >= 15 is 0 Å². The first kappa shape index (κ1) is 14.0. The Morgan fingerprint density at radius 1 is 1.29 bits per heavy atom. The SMILES string of the molecule is CN(C)C[C@H]1[C@H]2CN(C(=O)C3CCCC3)C[C@]23CC[C@H]1O3. The van der Waals surface area contributed by atoms with Gasteiger partial charge in [0.2, 0.25) is 5.91 Å². The van der Waals surface area contributed by atoms with Crippen LogP contribution in [0.5, 0.6) is 0 Å². The van der Waals surface area contributed by atoms with Crippen LogP contribution in [-0.2, 0) is 9.53 Å². The number of carbonyl (C=O) groups excluding carboxylic acids is 1. The molecule has 0 aromatic heterocycles. The summed E-state index contributed by atoms with van der Waals surface area (Å²) in [6, 6.07) is 0. The molecular weight excluding hydrogens is 264 g/mol. The second-order valence-corrected chi connectivity index (χ2v) is 7.99. The summed E-state index contributed by atoms with van der Waals surface area (Å²) in [6.45, 7) is 2.92. The van der Waals surface area contributed by atoms with Gasteiger partial charge in [0.15, 0.2) is 0 Å². The van der Waals surface area contributed by atoms with Crippen molar-refractivity contribution >= 4 is 5.91 Å². The van der Waals surface area contributed by atoms with Crippen LogP contribution in [0.3, 0.4) is 0 Å². The van der Waals surface area contributed by atoms with Crippen molar-refractivity contribution in [1.82, 2.24) is 9.80 Å². The maximum atomic E-state index is 12.7. The lowest BCUT2D eigenvalue weighted by atomic mass is 9.73. The van der Waals surface area contributed by atoms with Crippen molar-refractivity contribution in [2.24, 2.45) is 17.8 Å². The molecule has 1 aliphatic carbocycles. The molecule has 0 radical (unpaired) electrons. The topological polar surface area (TPSA) is 32.8 Å². The summed E-state index contributed by atoms with van der Waals surface area (Å²) in [7, 11) is 4.30. The van der Waals surface area contributed by atoms with Gasteiger partial charge in [0.05, 0.1) is 18.2 Å². The van der Waals surface area contributed by atoms with Crippen LogP contribution < -0.4 is 0 Å². The third-order valence-electron chi connectivity index (χ3n) is 6.38. The third-order valence-corrected chi connectivity index (χ3v) is 6.38. The van der Waals surface area contributed by atoms with Gasteiger partial charge < -0.3 is 14.5 Å². The number of nitrogens with zero attached hydrogens (tertiary/aromatic N) is 2. The number of hydrogen-bond donors (Lipinski definition) is 0. The highest BCUT2D eigenvalue weighted by Gasteiger charge is 2.63. The summed E-state index contributed by atoms with van der Waals surface area (Å²) in [5.74, 6) is 1.93. The quantitative estimate of drug-likeness (QED) is 0.794. The highest BCUT2D eigenvalue weighted by atomic mass is 16.5. The van der Waals surface area contributed by atoms with Crippen LogP contribution in [0.4, 0.5) is 0 Å². The predicted octanol–water partition coefficient (Wildman–Crippen LogP) is 1.74. The Balaban J connectivity index is 1.49. The first-order chi connectivity index (χ1) is 10.1. The van der Waals surface area contributed by atoms with Gasteiger partial charge in [0, 0.05) is 30.8 Å². The van der Waals surface area contributed by atoms with Gasteiger partial charge in [-0.3, -0.25) is 4.79 Å². The van der Waals surface area contributed by atoms with Gasteiger partial charge in [-0.25, -0.2) is 0 Å². The van der Waals surface area contributed by atoms with E-state index in [2.05, 4.69) is 23.9 Å². The fourth-order valence-corrected chi connectivity index (χ4v) is 5.46. The zero-order valence-corrected chi connectivity index (χ0v) is 13.4. The van der Waals surface area contributed by atoms with Crippen LogP contribution in [0.25, 0.3) is 0 Å². The molecule has 0 unspecified atom stereocenters. The summed E-state index contributed by atoms with van der Waals surface area (Å²) in [5.41, 5.74) is 0.0135. The molecule has 4 aliphatic rings. The number of fused-ring (bicyclic) bond motifs is 1. The number of hydrogen-bond acceptors (Lipinski definition) is 3. The number of carbonyl (C=O) groups is 1. The van der Waals surface area contributed by atoms with E-state index in [0.29, 0.717) is 29.8 Å². The standard InChI is InChI=1S/C17H28N2O2/c1-18(2)9-13-14-10-19(16(20)12-5-3-4-6-12)11-17(14)8-7-15(13)21-17/h12-15H,3-11H2,1-2H3/t13-,14+,15+,17+/m0/s1. The molecule has 1 spiro atoms. The summed E-state index contributed by atoms with van der Waals surface area (Å²) in [4.78, 5) is 17.2. The molecule has 21 heavy (non-hydrogen) atoms. The van der Waals surface area contributed by atoms with Crippen molar-refractivity contribution in [3.05, 3.63) is 0 Å². The van der Waals surface area contributed by atoms with E-state index in [-0.39, 0.29) is 5.60 Å². The van der Waals surface area contributed by atoms with Crippen molar-refractivity contribution in [2.45, 2.75) is 50.2 Å². The van der Waals surface area contributed by atoms with Crippen LogP contribution >= 0.6 is 0 Å². The number of ether oxygens (including phenoxy) is 1. The van der Waals surface area contributed by atoms with E-state index in [4.69, 9.17) is 4.74 Å². The molecule has 0 aromatic rings. The molecular formula is C17H28N2O2. The molecule has 0 N–H and O–H groups in total. The Hall–Kier alpha value is -0.610. The zero-order chi connectivity index (χ0) is 14.6. The molecule has 4 fully saturated rings. The summed E-state index contributed by atoms with van der Waals surface area (Å²) >= 11 is 0. The lowest BCUT2D eigenvalue weighted by Gasteiger charge is -2.30. The largest absolute Gasteiger partial charge is 0.369 e. The highest BCUT2D eigenvalue weighted by Crippen LogP contribution is 2.55. The average molecular weight is 292 g/mol. The molecule has 118 valence electrons. The van der Waals surface area contributed by atoms with E-state index in [0.717, 1.165) is 32.5 Å². The van der Waals surface area contributed by atoms with Gasteiger partial charge >= 0.3 is 0 Å². The number of rotatable bonds is 3. The third kappa shape index (κ3) is 2.14. The summed E-state index contributed by atoms with van der Waals surface area (Å²) < 4.78 is 6.42. The molecule has 1 amide bonds. The zero-order valence-electron chi connectivity index (χ0n) is 13.4. The molecule has 4 rings (SSSR count). The average Bonchev–Trinajstić information content (AvgIpc) is 3.18. The minimum absolute atomic E-state index is 0.0135. The first-order valence-electron chi connectivity index (χ1n) is 8.70. The normalized spacial score (nSPS) is 42.2.